The first-order valence-corrected chi connectivity index (χ1v) is 7.21. The largest absolute Gasteiger partial charge is 0.397 e. The molecule has 0 saturated carbocycles. The van der Waals surface area contributed by atoms with Gasteiger partial charge in [0, 0.05) is 24.7 Å². The van der Waals surface area contributed by atoms with Crippen LogP contribution in [0, 0.1) is 6.92 Å². The number of hydrogen-bond acceptors (Lipinski definition) is 3. The van der Waals surface area contributed by atoms with E-state index < -0.39 is 0 Å². The third kappa shape index (κ3) is 2.83. The van der Waals surface area contributed by atoms with Crippen LogP contribution in [-0.2, 0) is 6.54 Å². The van der Waals surface area contributed by atoms with E-state index >= 15 is 0 Å². The second-order valence-electron chi connectivity index (χ2n) is 5.62. The van der Waals surface area contributed by atoms with E-state index in [9.17, 15) is 0 Å². The van der Waals surface area contributed by atoms with Gasteiger partial charge in [0.05, 0.1) is 11.4 Å². The van der Waals surface area contributed by atoms with Gasteiger partial charge in [-0.3, -0.25) is 9.88 Å². The number of nitrogen functional groups attached to an aromatic ring is 1. The van der Waals surface area contributed by atoms with Crippen LogP contribution >= 0.6 is 0 Å². The van der Waals surface area contributed by atoms with Gasteiger partial charge < -0.3 is 5.73 Å². The van der Waals surface area contributed by atoms with Gasteiger partial charge in [-0.2, -0.15) is 0 Å². The molecule has 1 saturated heterocycles. The molecule has 104 valence electrons. The number of nitrogens with two attached hydrogens (primary N) is 1. The number of aryl methyl sites for hydroxylation is 1. The standard InChI is InChI=1S/C17H21N3/c1-13-16(18)7-8-17(19-13)15-9-10-20(12-15)11-14-5-3-2-4-6-14/h2-8,15H,9-12,18H2,1H3. The summed E-state index contributed by atoms with van der Waals surface area (Å²) in [6.07, 6.45) is 1.18. The fourth-order valence-electron chi connectivity index (χ4n) is 2.88. The molecule has 0 amide bonds. The topological polar surface area (TPSA) is 42.2 Å². The number of anilines is 1. The normalized spacial score (nSPS) is 19.4. The van der Waals surface area contributed by atoms with Crippen LogP contribution in [0.4, 0.5) is 5.69 Å². The quantitative estimate of drug-likeness (QED) is 0.929. The molecule has 0 radical (unpaired) electrons. The molecule has 0 aliphatic carbocycles. The highest BCUT2D eigenvalue weighted by molar-refractivity contribution is 5.42. The number of rotatable bonds is 3. The summed E-state index contributed by atoms with van der Waals surface area (Å²) in [6, 6.07) is 14.7. The second-order valence-corrected chi connectivity index (χ2v) is 5.62. The minimum atomic E-state index is 0.540. The van der Waals surface area contributed by atoms with Gasteiger partial charge in [-0.05, 0) is 37.6 Å². The summed E-state index contributed by atoms with van der Waals surface area (Å²) in [4.78, 5) is 7.15. The maximum Gasteiger partial charge on any atom is 0.0605 e. The van der Waals surface area contributed by atoms with E-state index in [1.54, 1.807) is 0 Å². The summed E-state index contributed by atoms with van der Waals surface area (Å²) in [6.45, 7) is 5.25. The number of likely N-dealkylation sites (tertiary alicyclic amines) is 1. The Balaban J connectivity index is 1.66. The summed E-state index contributed by atoms with van der Waals surface area (Å²) in [5.41, 5.74) is 10.1. The highest BCUT2D eigenvalue weighted by Gasteiger charge is 2.24. The molecule has 20 heavy (non-hydrogen) atoms. The van der Waals surface area contributed by atoms with Crippen molar-refractivity contribution in [1.29, 1.82) is 0 Å². The minimum Gasteiger partial charge on any atom is -0.397 e. The molecule has 0 spiro atoms. The molecule has 2 aromatic rings. The second kappa shape index (κ2) is 5.63. The van der Waals surface area contributed by atoms with E-state index in [2.05, 4.69) is 46.3 Å². The molecule has 0 bridgehead atoms. The summed E-state index contributed by atoms with van der Waals surface area (Å²) in [5, 5.41) is 0. The van der Waals surface area contributed by atoms with Crippen molar-refractivity contribution in [2.75, 3.05) is 18.8 Å². The number of pyridine rings is 1. The molecule has 1 aromatic heterocycles. The van der Waals surface area contributed by atoms with Crippen molar-refractivity contribution < 1.29 is 0 Å². The molecule has 3 rings (SSSR count). The summed E-state index contributed by atoms with van der Waals surface area (Å²) >= 11 is 0. The average Bonchev–Trinajstić information content (AvgIpc) is 2.91. The van der Waals surface area contributed by atoms with Gasteiger partial charge in [0.1, 0.15) is 0 Å². The number of benzene rings is 1. The lowest BCUT2D eigenvalue weighted by Gasteiger charge is -2.16. The maximum absolute atomic E-state index is 5.84. The van der Waals surface area contributed by atoms with Gasteiger partial charge in [0.25, 0.3) is 0 Å². The Bertz CT molecular complexity index is 580. The van der Waals surface area contributed by atoms with Crippen molar-refractivity contribution >= 4 is 5.69 Å². The zero-order valence-electron chi connectivity index (χ0n) is 11.9. The first-order chi connectivity index (χ1) is 9.72. The van der Waals surface area contributed by atoms with Gasteiger partial charge in [-0.1, -0.05) is 30.3 Å². The van der Waals surface area contributed by atoms with E-state index in [1.807, 2.05) is 13.0 Å². The number of hydrogen-bond donors (Lipinski definition) is 1. The Morgan fingerprint density at radius 2 is 2.00 bits per heavy atom. The van der Waals surface area contributed by atoms with Crippen molar-refractivity contribution in [3.8, 4) is 0 Å². The molecule has 1 unspecified atom stereocenters. The SMILES string of the molecule is Cc1nc(C2CCN(Cc3ccccc3)C2)ccc1N. The molecule has 1 aliphatic heterocycles. The average molecular weight is 267 g/mol. The monoisotopic (exact) mass is 267 g/mol. The van der Waals surface area contributed by atoms with Gasteiger partial charge in [0.15, 0.2) is 0 Å². The smallest absolute Gasteiger partial charge is 0.0605 e. The van der Waals surface area contributed by atoms with Crippen LogP contribution in [0.15, 0.2) is 42.5 Å². The number of nitrogens with zero attached hydrogens (tertiary/aromatic N) is 2. The molecule has 3 nitrogen and oxygen atoms in total. The van der Waals surface area contributed by atoms with E-state index in [4.69, 9.17) is 5.73 Å². The van der Waals surface area contributed by atoms with Crippen LogP contribution < -0.4 is 5.73 Å². The van der Waals surface area contributed by atoms with Crippen molar-refractivity contribution in [2.24, 2.45) is 0 Å². The Hall–Kier alpha value is -1.87. The van der Waals surface area contributed by atoms with Crippen LogP contribution in [-0.4, -0.2) is 23.0 Å². The minimum absolute atomic E-state index is 0.540. The van der Waals surface area contributed by atoms with Gasteiger partial charge in [0.2, 0.25) is 0 Å². The zero-order valence-corrected chi connectivity index (χ0v) is 11.9. The first kappa shape index (κ1) is 13.1. The van der Waals surface area contributed by atoms with Crippen molar-refractivity contribution in [2.45, 2.75) is 25.8 Å². The van der Waals surface area contributed by atoms with Gasteiger partial charge >= 0.3 is 0 Å². The van der Waals surface area contributed by atoms with E-state index in [0.717, 1.165) is 31.0 Å². The van der Waals surface area contributed by atoms with Crippen LogP contribution in [0.5, 0.6) is 0 Å². The lowest BCUT2D eigenvalue weighted by atomic mass is 10.0. The fraction of sp³-hybridized carbons (Fsp3) is 0.353. The third-order valence-electron chi connectivity index (χ3n) is 4.09. The Morgan fingerprint density at radius 1 is 1.20 bits per heavy atom. The Kier molecular flexibility index (Phi) is 3.70. The zero-order chi connectivity index (χ0) is 13.9. The molecule has 2 N–H and O–H groups in total. The van der Waals surface area contributed by atoms with Gasteiger partial charge in [-0.25, -0.2) is 0 Å². The third-order valence-corrected chi connectivity index (χ3v) is 4.09. The predicted molar refractivity (Wildman–Crippen MR) is 82.5 cm³/mol. The van der Waals surface area contributed by atoms with E-state index in [0.29, 0.717) is 5.92 Å². The van der Waals surface area contributed by atoms with E-state index in [-0.39, 0.29) is 0 Å². The summed E-state index contributed by atoms with van der Waals surface area (Å²) in [7, 11) is 0. The lowest BCUT2D eigenvalue weighted by molar-refractivity contribution is 0.326. The molecule has 2 heterocycles. The predicted octanol–water partition coefficient (Wildman–Crippen LogP) is 2.96. The van der Waals surface area contributed by atoms with Crippen LogP contribution in [0.1, 0.15) is 29.3 Å². The summed E-state index contributed by atoms with van der Waals surface area (Å²) < 4.78 is 0. The highest BCUT2D eigenvalue weighted by Crippen LogP contribution is 2.27. The highest BCUT2D eigenvalue weighted by atomic mass is 15.1. The molecule has 1 aromatic carbocycles. The van der Waals surface area contributed by atoms with E-state index in [1.165, 1.54) is 17.7 Å². The summed E-state index contributed by atoms with van der Waals surface area (Å²) in [5.74, 6) is 0.540. The molecular formula is C17H21N3. The Labute approximate surface area is 120 Å². The molecular weight excluding hydrogens is 246 g/mol. The van der Waals surface area contributed by atoms with Crippen LogP contribution in [0.3, 0.4) is 0 Å². The van der Waals surface area contributed by atoms with Gasteiger partial charge in [-0.15, -0.1) is 0 Å². The Morgan fingerprint density at radius 3 is 2.75 bits per heavy atom. The lowest BCUT2D eigenvalue weighted by Crippen LogP contribution is -2.19. The molecule has 3 heteroatoms. The van der Waals surface area contributed by atoms with Crippen molar-refractivity contribution in [3.05, 3.63) is 59.4 Å². The molecule has 1 atom stereocenters. The van der Waals surface area contributed by atoms with Crippen molar-refractivity contribution in [1.82, 2.24) is 9.88 Å². The molecule has 1 aliphatic rings. The molecule has 1 fully saturated rings. The maximum atomic E-state index is 5.84. The van der Waals surface area contributed by atoms with Crippen LogP contribution in [0.2, 0.25) is 0 Å². The van der Waals surface area contributed by atoms with Crippen LogP contribution in [0.25, 0.3) is 0 Å². The first-order valence-electron chi connectivity index (χ1n) is 7.21. The van der Waals surface area contributed by atoms with Crippen molar-refractivity contribution in [3.63, 3.8) is 0 Å². The number of aromatic nitrogens is 1. The fourth-order valence-corrected chi connectivity index (χ4v) is 2.88.